The molecule has 18 heavy (non-hydrogen) atoms. The normalized spacial score (nSPS) is 12.7. The maximum absolute atomic E-state index is 10.5. The van der Waals surface area contributed by atoms with E-state index in [-0.39, 0.29) is 12.5 Å². The molecule has 3 N–H and O–H groups in total. The first-order valence-electron chi connectivity index (χ1n) is 6.19. The van der Waals surface area contributed by atoms with Crippen LogP contribution in [-0.2, 0) is 11.2 Å². The Hall–Kier alpha value is -1.39. The topological polar surface area (TPSA) is 66.6 Å². The molecule has 1 aromatic carbocycles. The molecule has 0 bridgehead atoms. The predicted octanol–water partition coefficient (Wildman–Crippen LogP) is 1.27. The van der Waals surface area contributed by atoms with Crippen molar-refractivity contribution in [2.75, 3.05) is 20.1 Å². The van der Waals surface area contributed by atoms with Gasteiger partial charge in [0.15, 0.2) is 0 Å². The Morgan fingerprint density at radius 3 is 2.56 bits per heavy atom. The van der Waals surface area contributed by atoms with E-state index in [4.69, 9.17) is 10.8 Å². The first-order valence-corrected chi connectivity index (χ1v) is 6.19. The molecule has 100 valence electrons. The average molecular weight is 250 g/mol. The van der Waals surface area contributed by atoms with Crippen LogP contribution < -0.4 is 5.73 Å². The summed E-state index contributed by atoms with van der Waals surface area (Å²) in [6.45, 7) is 3.56. The van der Waals surface area contributed by atoms with E-state index in [0.29, 0.717) is 6.54 Å². The summed E-state index contributed by atoms with van der Waals surface area (Å²) in [5.74, 6) is -0.838. The Kier molecular flexibility index (Phi) is 5.82. The van der Waals surface area contributed by atoms with E-state index in [1.165, 1.54) is 11.1 Å². The van der Waals surface area contributed by atoms with Gasteiger partial charge >= 0.3 is 5.97 Å². The summed E-state index contributed by atoms with van der Waals surface area (Å²) in [5.41, 5.74) is 8.29. The van der Waals surface area contributed by atoms with Crippen LogP contribution in [0.5, 0.6) is 0 Å². The van der Waals surface area contributed by atoms with E-state index in [0.717, 1.165) is 13.0 Å². The number of aliphatic carboxylic acids is 1. The lowest BCUT2D eigenvalue weighted by Gasteiger charge is -2.20. The minimum Gasteiger partial charge on any atom is -0.481 e. The molecule has 1 aromatic rings. The average Bonchev–Trinajstić information content (AvgIpc) is 2.27. The molecule has 1 unspecified atom stereocenters. The van der Waals surface area contributed by atoms with Crippen molar-refractivity contribution in [3.63, 3.8) is 0 Å². The molecule has 0 aliphatic heterocycles. The number of likely N-dealkylation sites (N-methyl/N-ethyl adjacent to an activating group) is 1. The van der Waals surface area contributed by atoms with Crippen LogP contribution in [0.2, 0.25) is 0 Å². The lowest BCUT2D eigenvalue weighted by molar-refractivity contribution is -0.137. The first-order chi connectivity index (χ1) is 8.47. The van der Waals surface area contributed by atoms with Crippen molar-refractivity contribution in [3.05, 3.63) is 35.4 Å². The first kappa shape index (κ1) is 14.7. The zero-order valence-corrected chi connectivity index (χ0v) is 11.1. The predicted molar refractivity (Wildman–Crippen MR) is 72.6 cm³/mol. The van der Waals surface area contributed by atoms with Crippen LogP contribution in [0.25, 0.3) is 0 Å². The van der Waals surface area contributed by atoms with Crippen LogP contribution >= 0.6 is 0 Å². The number of benzene rings is 1. The fourth-order valence-electron chi connectivity index (χ4n) is 1.86. The van der Waals surface area contributed by atoms with Gasteiger partial charge in [-0.3, -0.25) is 4.79 Å². The van der Waals surface area contributed by atoms with E-state index in [2.05, 4.69) is 36.1 Å². The second-order valence-electron chi connectivity index (χ2n) is 4.86. The molecule has 4 heteroatoms. The minimum atomic E-state index is -0.838. The molecule has 0 aliphatic carbocycles. The highest BCUT2D eigenvalue weighted by molar-refractivity contribution is 5.67. The Morgan fingerprint density at radius 1 is 1.39 bits per heavy atom. The van der Waals surface area contributed by atoms with Gasteiger partial charge in [-0.15, -0.1) is 0 Å². The van der Waals surface area contributed by atoms with Gasteiger partial charge < -0.3 is 15.7 Å². The lowest BCUT2D eigenvalue weighted by Crippen LogP contribution is -2.37. The molecule has 0 aliphatic rings. The zero-order chi connectivity index (χ0) is 13.5. The van der Waals surface area contributed by atoms with Gasteiger partial charge in [-0.25, -0.2) is 0 Å². The highest BCUT2D eigenvalue weighted by atomic mass is 16.4. The van der Waals surface area contributed by atoms with Gasteiger partial charge in [0, 0.05) is 19.1 Å². The largest absolute Gasteiger partial charge is 0.481 e. The highest BCUT2D eigenvalue weighted by Gasteiger charge is 2.10. The third-order valence-electron chi connectivity index (χ3n) is 2.89. The Labute approximate surface area is 108 Å². The van der Waals surface area contributed by atoms with Gasteiger partial charge in [0.05, 0.1) is 6.42 Å². The number of hydrogen-bond acceptors (Lipinski definition) is 3. The maximum Gasteiger partial charge on any atom is 0.304 e. The van der Waals surface area contributed by atoms with Crippen molar-refractivity contribution < 1.29 is 9.90 Å². The third kappa shape index (κ3) is 5.80. The number of carbonyl (C=O) groups is 1. The van der Waals surface area contributed by atoms with Gasteiger partial charge in [0.2, 0.25) is 0 Å². The van der Waals surface area contributed by atoms with Crippen molar-refractivity contribution in [2.24, 2.45) is 5.73 Å². The van der Waals surface area contributed by atoms with Crippen molar-refractivity contribution in [1.82, 2.24) is 4.90 Å². The maximum atomic E-state index is 10.5. The number of nitrogens with two attached hydrogens (primary N) is 1. The molecule has 4 nitrogen and oxygen atoms in total. The quantitative estimate of drug-likeness (QED) is 0.765. The van der Waals surface area contributed by atoms with Gasteiger partial charge in [-0.2, -0.15) is 0 Å². The molecule has 0 saturated heterocycles. The summed E-state index contributed by atoms with van der Waals surface area (Å²) in [6, 6.07) is 8.16. The molecule has 0 fully saturated rings. The molecule has 0 saturated carbocycles. The minimum absolute atomic E-state index is 0.0227. The summed E-state index contributed by atoms with van der Waals surface area (Å²) < 4.78 is 0. The van der Waals surface area contributed by atoms with Crippen molar-refractivity contribution in [3.8, 4) is 0 Å². The van der Waals surface area contributed by atoms with Crippen LogP contribution in [0, 0.1) is 6.92 Å². The van der Waals surface area contributed by atoms with E-state index in [1.54, 1.807) is 0 Å². The Balaban J connectivity index is 2.30. The van der Waals surface area contributed by atoms with Crippen LogP contribution in [0.15, 0.2) is 24.3 Å². The van der Waals surface area contributed by atoms with Crippen molar-refractivity contribution in [2.45, 2.75) is 25.8 Å². The van der Waals surface area contributed by atoms with Crippen molar-refractivity contribution in [1.29, 1.82) is 0 Å². The second kappa shape index (κ2) is 7.13. The lowest BCUT2D eigenvalue weighted by atomic mass is 10.1. The van der Waals surface area contributed by atoms with Gasteiger partial charge in [0.1, 0.15) is 0 Å². The number of aryl methyl sites for hydroxylation is 1. The van der Waals surface area contributed by atoms with Crippen molar-refractivity contribution >= 4 is 5.97 Å². The standard InChI is InChI=1S/C14H22N2O2/c1-11-3-5-12(6-4-11)7-8-16(2)10-13(15)9-14(17)18/h3-6,13H,7-10,15H2,1-2H3,(H,17,18). The van der Waals surface area contributed by atoms with Gasteiger partial charge in [-0.05, 0) is 26.0 Å². The van der Waals surface area contributed by atoms with E-state index >= 15 is 0 Å². The molecule has 0 radical (unpaired) electrons. The summed E-state index contributed by atoms with van der Waals surface area (Å²) in [5, 5.41) is 8.63. The summed E-state index contributed by atoms with van der Waals surface area (Å²) in [4.78, 5) is 12.6. The molecular formula is C14H22N2O2. The molecule has 0 spiro atoms. The number of carboxylic acid groups (broad SMARTS) is 1. The second-order valence-corrected chi connectivity index (χ2v) is 4.86. The Bertz CT molecular complexity index is 376. The number of rotatable bonds is 7. The summed E-state index contributed by atoms with van der Waals surface area (Å²) in [6.07, 6.45) is 0.978. The fraction of sp³-hybridized carbons (Fsp3) is 0.500. The molecular weight excluding hydrogens is 228 g/mol. The molecule has 1 atom stereocenters. The van der Waals surface area contributed by atoms with E-state index < -0.39 is 5.97 Å². The fourth-order valence-corrected chi connectivity index (χ4v) is 1.86. The highest BCUT2D eigenvalue weighted by Crippen LogP contribution is 2.04. The summed E-state index contributed by atoms with van der Waals surface area (Å²) >= 11 is 0. The Morgan fingerprint density at radius 2 is 2.00 bits per heavy atom. The number of hydrogen-bond donors (Lipinski definition) is 2. The van der Waals surface area contributed by atoms with Crippen LogP contribution in [-0.4, -0.2) is 42.2 Å². The monoisotopic (exact) mass is 250 g/mol. The summed E-state index contributed by atoms with van der Waals surface area (Å²) in [7, 11) is 1.97. The number of nitrogens with zero attached hydrogens (tertiary/aromatic N) is 1. The molecule has 0 heterocycles. The molecule has 0 aromatic heterocycles. The van der Waals surface area contributed by atoms with Gasteiger partial charge in [0.25, 0.3) is 0 Å². The molecule has 1 rings (SSSR count). The smallest absolute Gasteiger partial charge is 0.304 e. The van der Waals surface area contributed by atoms with Crippen LogP contribution in [0.3, 0.4) is 0 Å². The third-order valence-corrected chi connectivity index (χ3v) is 2.89. The SMILES string of the molecule is Cc1ccc(CCN(C)CC(N)CC(=O)O)cc1. The van der Waals surface area contributed by atoms with Crippen LogP contribution in [0.1, 0.15) is 17.5 Å². The molecule has 0 amide bonds. The zero-order valence-electron chi connectivity index (χ0n) is 11.1. The number of carboxylic acids is 1. The van der Waals surface area contributed by atoms with Crippen LogP contribution in [0.4, 0.5) is 0 Å². The van der Waals surface area contributed by atoms with E-state index in [9.17, 15) is 4.79 Å². The van der Waals surface area contributed by atoms with E-state index in [1.807, 2.05) is 7.05 Å². The van der Waals surface area contributed by atoms with Gasteiger partial charge in [-0.1, -0.05) is 29.8 Å².